The lowest BCUT2D eigenvalue weighted by atomic mass is 9.85. The van der Waals surface area contributed by atoms with Crippen LogP contribution in [0.3, 0.4) is 0 Å². The van der Waals surface area contributed by atoms with Gasteiger partial charge in [0.2, 0.25) is 0 Å². The van der Waals surface area contributed by atoms with Gasteiger partial charge < -0.3 is 0 Å². The van der Waals surface area contributed by atoms with Crippen molar-refractivity contribution in [1.82, 2.24) is 9.55 Å². The van der Waals surface area contributed by atoms with Crippen molar-refractivity contribution in [3.05, 3.63) is 181 Å². The summed E-state index contributed by atoms with van der Waals surface area (Å²) in [7, 11) is 0. The van der Waals surface area contributed by atoms with E-state index in [0.29, 0.717) is 0 Å². The molecule has 0 aliphatic heterocycles. The quantitative estimate of drug-likeness (QED) is 0.177. The van der Waals surface area contributed by atoms with E-state index in [1.54, 1.807) is 0 Å². The summed E-state index contributed by atoms with van der Waals surface area (Å²) in [6.07, 6.45) is 0. The summed E-state index contributed by atoms with van der Waals surface area (Å²) >= 11 is 0. The highest BCUT2D eigenvalue weighted by atomic mass is 15.1. The minimum absolute atomic E-state index is 0.950. The number of hydrogen-bond donors (Lipinski definition) is 0. The Kier molecular flexibility index (Phi) is 6.72. The van der Waals surface area contributed by atoms with Gasteiger partial charge in [-0.25, -0.2) is 4.98 Å². The molecule has 0 amide bonds. The first kappa shape index (κ1) is 28.0. The van der Waals surface area contributed by atoms with Crippen LogP contribution in [0.15, 0.2) is 176 Å². The summed E-state index contributed by atoms with van der Waals surface area (Å²) in [5.41, 5.74) is 12.9. The summed E-state index contributed by atoms with van der Waals surface area (Å²) in [6, 6.07) is 63.2. The van der Waals surface area contributed by atoms with Gasteiger partial charge in [-0.3, -0.25) is 4.57 Å². The normalized spacial score (nSPS) is 11.4. The van der Waals surface area contributed by atoms with Crippen LogP contribution in [0.5, 0.6) is 0 Å². The Morgan fingerprint density at radius 1 is 0.396 bits per heavy atom. The minimum atomic E-state index is 0.950. The van der Waals surface area contributed by atoms with E-state index in [0.717, 1.165) is 28.1 Å². The standard InChI is InChI=1S/C46H32N2/c1-31-14-13-23-42-45(31)48(46(47-42)35-19-9-4-10-20-35)37-27-24-32(25-28-37)36-26-29-40-41(30-36)44(34-17-7-3-8-18-34)39-22-12-11-21-38(39)43(40)33-15-5-2-6-16-33/h2-30H,1H3. The van der Waals surface area contributed by atoms with Crippen molar-refractivity contribution in [2.75, 3.05) is 0 Å². The van der Waals surface area contributed by atoms with Crippen LogP contribution >= 0.6 is 0 Å². The van der Waals surface area contributed by atoms with Gasteiger partial charge in [0, 0.05) is 11.3 Å². The zero-order valence-electron chi connectivity index (χ0n) is 26.6. The van der Waals surface area contributed by atoms with Crippen molar-refractivity contribution in [2.45, 2.75) is 6.92 Å². The molecular weight excluding hydrogens is 581 g/mol. The maximum atomic E-state index is 5.09. The number of imidazole rings is 1. The van der Waals surface area contributed by atoms with Gasteiger partial charge >= 0.3 is 0 Å². The molecule has 0 aliphatic carbocycles. The van der Waals surface area contributed by atoms with Gasteiger partial charge in [-0.2, -0.15) is 0 Å². The molecule has 0 fully saturated rings. The van der Waals surface area contributed by atoms with Gasteiger partial charge in [0.25, 0.3) is 0 Å². The van der Waals surface area contributed by atoms with Crippen LogP contribution in [-0.2, 0) is 0 Å². The molecule has 2 nitrogen and oxygen atoms in total. The molecule has 0 unspecified atom stereocenters. The number of hydrogen-bond acceptors (Lipinski definition) is 1. The third-order valence-corrected chi connectivity index (χ3v) is 9.52. The predicted octanol–water partition coefficient (Wildman–Crippen LogP) is 12.3. The Balaban J connectivity index is 1.25. The summed E-state index contributed by atoms with van der Waals surface area (Å²) < 4.78 is 2.30. The van der Waals surface area contributed by atoms with E-state index in [1.807, 2.05) is 0 Å². The second-order valence-corrected chi connectivity index (χ2v) is 12.4. The molecule has 0 saturated carbocycles. The highest BCUT2D eigenvalue weighted by Crippen LogP contribution is 2.44. The van der Waals surface area contributed by atoms with E-state index in [4.69, 9.17) is 4.98 Å². The average molecular weight is 613 g/mol. The van der Waals surface area contributed by atoms with Crippen molar-refractivity contribution in [1.29, 1.82) is 0 Å². The lowest BCUT2D eigenvalue weighted by molar-refractivity contribution is 1.10. The van der Waals surface area contributed by atoms with E-state index >= 15 is 0 Å². The largest absolute Gasteiger partial charge is 0.292 e. The molecule has 1 heterocycles. The van der Waals surface area contributed by atoms with E-state index in [9.17, 15) is 0 Å². The number of aryl methyl sites for hydroxylation is 1. The highest BCUT2D eigenvalue weighted by Gasteiger charge is 2.19. The summed E-state index contributed by atoms with van der Waals surface area (Å²) in [4.78, 5) is 5.09. The zero-order valence-corrected chi connectivity index (χ0v) is 26.6. The van der Waals surface area contributed by atoms with Gasteiger partial charge in [0.05, 0.1) is 11.0 Å². The van der Waals surface area contributed by atoms with Crippen LogP contribution in [-0.4, -0.2) is 9.55 Å². The molecule has 0 N–H and O–H groups in total. The third-order valence-electron chi connectivity index (χ3n) is 9.52. The number of rotatable bonds is 5. The zero-order chi connectivity index (χ0) is 32.0. The molecule has 0 bridgehead atoms. The Labute approximate surface area is 280 Å². The first-order valence-corrected chi connectivity index (χ1v) is 16.5. The van der Waals surface area contributed by atoms with Crippen LogP contribution in [0.2, 0.25) is 0 Å². The molecule has 8 aromatic carbocycles. The molecular formula is C46H32N2. The maximum absolute atomic E-state index is 5.09. The Morgan fingerprint density at radius 3 is 1.54 bits per heavy atom. The van der Waals surface area contributed by atoms with Crippen molar-refractivity contribution >= 4 is 32.6 Å². The van der Waals surface area contributed by atoms with Crippen LogP contribution in [0, 0.1) is 6.92 Å². The Bertz CT molecular complexity index is 2580. The number of benzene rings is 8. The Morgan fingerprint density at radius 2 is 0.917 bits per heavy atom. The minimum Gasteiger partial charge on any atom is -0.292 e. The second kappa shape index (κ2) is 11.5. The lowest BCUT2D eigenvalue weighted by Crippen LogP contribution is -1.98. The molecule has 9 rings (SSSR count). The number of aromatic nitrogens is 2. The fourth-order valence-corrected chi connectivity index (χ4v) is 7.32. The van der Waals surface area contributed by atoms with E-state index in [-0.39, 0.29) is 0 Å². The van der Waals surface area contributed by atoms with Gasteiger partial charge in [0.1, 0.15) is 5.82 Å². The van der Waals surface area contributed by atoms with Gasteiger partial charge in [0.15, 0.2) is 0 Å². The van der Waals surface area contributed by atoms with E-state index < -0.39 is 0 Å². The van der Waals surface area contributed by atoms with Gasteiger partial charge in [-0.1, -0.05) is 152 Å². The topological polar surface area (TPSA) is 17.8 Å². The third kappa shape index (κ3) is 4.61. The smallest absolute Gasteiger partial charge is 0.145 e. The SMILES string of the molecule is Cc1cccc2nc(-c3ccccc3)n(-c3ccc(-c4ccc5c(-c6ccccc6)c6ccccc6c(-c6ccccc6)c5c4)cc3)c12. The first-order chi connectivity index (χ1) is 23.7. The summed E-state index contributed by atoms with van der Waals surface area (Å²) in [5, 5.41) is 5.04. The van der Waals surface area contributed by atoms with E-state index in [2.05, 4.69) is 187 Å². The van der Waals surface area contributed by atoms with Crippen molar-refractivity contribution in [2.24, 2.45) is 0 Å². The fourth-order valence-electron chi connectivity index (χ4n) is 7.32. The predicted molar refractivity (Wildman–Crippen MR) is 203 cm³/mol. The average Bonchev–Trinajstić information content (AvgIpc) is 3.56. The van der Waals surface area contributed by atoms with Crippen molar-refractivity contribution < 1.29 is 0 Å². The fraction of sp³-hybridized carbons (Fsp3) is 0.0217. The molecule has 0 spiro atoms. The second-order valence-electron chi connectivity index (χ2n) is 12.4. The van der Waals surface area contributed by atoms with Crippen LogP contribution in [0.25, 0.3) is 83.0 Å². The molecule has 48 heavy (non-hydrogen) atoms. The first-order valence-electron chi connectivity index (χ1n) is 16.5. The monoisotopic (exact) mass is 612 g/mol. The molecule has 2 heteroatoms. The molecule has 0 aliphatic rings. The molecule has 226 valence electrons. The number of nitrogens with zero attached hydrogens (tertiary/aromatic N) is 2. The number of para-hydroxylation sites is 1. The molecule has 0 atom stereocenters. The Hall–Kier alpha value is -6.25. The van der Waals surface area contributed by atoms with E-state index in [1.165, 1.54) is 60.5 Å². The van der Waals surface area contributed by atoms with Gasteiger partial charge in [-0.05, 0) is 91.7 Å². The van der Waals surface area contributed by atoms with Crippen LogP contribution in [0.4, 0.5) is 0 Å². The highest BCUT2D eigenvalue weighted by molar-refractivity contribution is 6.21. The van der Waals surface area contributed by atoms with Crippen molar-refractivity contribution in [3.63, 3.8) is 0 Å². The molecule has 0 saturated heterocycles. The number of fused-ring (bicyclic) bond motifs is 3. The molecule has 9 aromatic rings. The van der Waals surface area contributed by atoms with Crippen molar-refractivity contribution in [3.8, 4) is 50.5 Å². The summed E-state index contributed by atoms with van der Waals surface area (Å²) in [5.74, 6) is 0.950. The lowest BCUT2D eigenvalue weighted by Gasteiger charge is -2.19. The van der Waals surface area contributed by atoms with Crippen LogP contribution < -0.4 is 0 Å². The molecule has 1 aromatic heterocycles. The summed E-state index contributed by atoms with van der Waals surface area (Å²) in [6.45, 7) is 2.16. The van der Waals surface area contributed by atoms with Crippen LogP contribution in [0.1, 0.15) is 5.56 Å². The maximum Gasteiger partial charge on any atom is 0.145 e. The molecule has 0 radical (unpaired) electrons. The van der Waals surface area contributed by atoms with Gasteiger partial charge in [-0.15, -0.1) is 0 Å².